The van der Waals surface area contributed by atoms with Gasteiger partial charge in [-0.2, -0.15) is 0 Å². The number of pyridine rings is 1. The number of carbonyl (C=O) groups is 2. The van der Waals surface area contributed by atoms with Crippen LogP contribution in [0.1, 0.15) is 42.1 Å². The van der Waals surface area contributed by atoms with Crippen molar-refractivity contribution in [2.24, 2.45) is 0 Å². The van der Waals surface area contributed by atoms with Crippen molar-refractivity contribution in [1.82, 2.24) is 9.88 Å². The Morgan fingerprint density at radius 2 is 1.92 bits per heavy atom. The number of amides is 2. The van der Waals surface area contributed by atoms with Crippen LogP contribution in [0.5, 0.6) is 0 Å². The first-order chi connectivity index (χ1) is 12.1. The molecule has 1 aromatic heterocycles. The average molecular weight is 337 g/mol. The summed E-state index contributed by atoms with van der Waals surface area (Å²) in [4.78, 5) is 31.1. The standard InChI is InChI=1S/C20H23N3O2/c1-14-12-17(13-21-15(14)2)22-19(24)20(25)23-11-7-6-10-18(23)16-8-4-3-5-9-16/h3-5,8-9,12-13,18H,6-7,10-11H2,1-2H3,(H,22,24)/t18-/m1/s1. The summed E-state index contributed by atoms with van der Waals surface area (Å²) in [7, 11) is 0. The van der Waals surface area contributed by atoms with Gasteiger partial charge in [0.15, 0.2) is 0 Å². The zero-order valence-corrected chi connectivity index (χ0v) is 14.7. The van der Waals surface area contributed by atoms with Crippen LogP contribution in [0.4, 0.5) is 5.69 Å². The van der Waals surface area contributed by atoms with Crippen molar-refractivity contribution < 1.29 is 9.59 Å². The second-order valence-corrected chi connectivity index (χ2v) is 6.50. The number of benzene rings is 1. The van der Waals surface area contributed by atoms with Gasteiger partial charge >= 0.3 is 11.8 Å². The van der Waals surface area contributed by atoms with Crippen LogP contribution < -0.4 is 5.32 Å². The fourth-order valence-electron chi connectivity index (χ4n) is 3.22. The summed E-state index contributed by atoms with van der Waals surface area (Å²) in [6.45, 7) is 4.44. The Labute approximate surface area is 148 Å². The molecule has 0 saturated carbocycles. The number of likely N-dealkylation sites (tertiary alicyclic amines) is 1. The van der Waals surface area contributed by atoms with E-state index in [0.717, 1.165) is 36.1 Å². The number of hydrogen-bond acceptors (Lipinski definition) is 3. The van der Waals surface area contributed by atoms with Crippen molar-refractivity contribution >= 4 is 17.5 Å². The maximum Gasteiger partial charge on any atom is 0.313 e. The molecule has 0 spiro atoms. The highest BCUT2D eigenvalue weighted by Crippen LogP contribution is 2.30. The molecule has 1 N–H and O–H groups in total. The van der Waals surface area contributed by atoms with Crippen molar-refractivity contribution in [2.75, 3.05) is 11.9 Å². The first-order valence-corrected chi connectivity index (χ1v) is 8.66. The molecule has 5 nitrogen and oxygen atoms in total. The first kappa shape index (κ1) is 17.1. The van der Waals surface area contributed by atoms with Gasteiger partial charge in [-0.05, 0) is 50.3 Å². The van der Waals surface area contributed by atoms with Gasteiger partial charge in [-0.1, -0.05) is 30.3 Å². The van der Waals surface area contributed by atoms with Crippen molar-refractivity contribution in [3.8, 4) is 0 Å². The largest absolute Gasteiger partial charge is 0.327 e. The van der Waals surface area contributed by atoms with Gasteiger partial charge in [0.2, 0.25) is 0 Å². The number of hydrogen-bond donors (Lipinski definition) is 1. The van der Waals surface area contributed by atoms with Crippen molar-refractivity contribution in [1.29, 1.82) is 0 Å². The summed E-state index contributed by atoms with van der Waals surface area (Å²) in [5.74, 6) is -1.08. The highest BCUT2D eigenvalue weighted by Gasteiger charge is 2.31. The second-order valence-electron chi connectivity index (χ2n) is 6.50. The lowest BCUT2D eigenvalue weighted by molar-refractivity contribution is -0.145. The van der Waals surface area contributed by atoms with Crippen LogP contribution in [0.3, 0.4) is 0 Å². The molecule has 1 saturated heterocycles. The zero-order valence-electron chi connectivity index (χ0n) is 14.7. The van der Waals surface area contributed by atoms with Gasteiger partial charge in [-0.3, -0.25) is 14.6 Å². The Morgan fingerprint density at radius 3 is 2.64 bits per heavy atom. The molecule has 2 heterocycles. The van der Waals surface area contributed by atoms with Gasteiger partial charge in [-0.25, -0.2) is 0 Å². The smallest absolute Gasteiger partial charge is 0.313 e. The normalized spacial score (nSPS) is 17.2. The summed E-state index contributed by atoms with van der Waals surface area (Å²) in [5.41, 5.74) is 3.51. The molecule has 0 radical (unpaired) electrons. The quantitative estimate of drug-likeness (QED) is 0.855. The number of piperidine rings is 1. The van der Waals surface area contributed by atoms with E-state index in [1.165, 1.54) is 0 Å². The van der Waals surface area contributed by atoms with Crippen LogP contribution in [-0.4, -0.2) is 28.2 Å². The Morgan fingerprint density at radius 1 is 1.16 bits per heavy atom. The molecule has 0 bridgehead atoms. The van der Waals surface area contributed by atoms with Crippen LogP contribution in [0.2, 0.25) is 0 Å². The molecule has 2 aromatic rings. The number of nitrogens with one attached hydrogen (secondary N) is 1. The summed E-state index contributed by atoms with van der Waals surface area (Å²) in [6.07, 6.45) is 4.45. The van der Waals surface area contributed by atoms with Gasteiger partial charge in [0, 0.05) is 12.2 Å². The van der Waals surface area contributed by atoms with Crippen molar-refractivity contribution in [2.45, 2.75) is 39.2 Å². The minimum absolute atomic E-state index is 0.0360. The molecule has 1 atom stereocenters. The molecule has 0 unspecified atom stereocenters. The van der Waals surface area contributed by atoms with Crippen LogP contribution in [-0.2, 0) is 9.59 Å². The molecule has 0 aliphatic carbocycles. The highest BCUT2D eigenvalue weighted by atomic mass is 16.2. The van der Waals surface area contributed by atoms with E-state index in [2.05, 4.69) is 10.3 Å². The van der Waals surface area contributed by atoms with E-state index in [1.54, 1.807) is 11.1 Å². The SMILES string of the molecule is Cc1cc(NC(=O)C(=O)N2CCCC[C@@H]2c2ccccc2)cnc1C. The van der Waals surface area contributed by atoms with Crippen LogP contribution in [0, 0.1) is 13.8 Å². The summed E-state index contributed by atoms with van der Waals surface area (Å²) >= 11 is 0. The number of aryl methyl sites for hydroxylation is 2. The van der Waals surface area contributed by atoms with Gasteiger partial charge in [0.1, 0.15) is 0 Å². The number of nitrogens with zero attached hydrogens (tertiary/aromatic N) is 2. The lowest BCUT2D eigenvalue weighted by Crippen LogP contribution is -2.44. The predicted molar refractivity (Wildman–Crippen MR) is 97.1 cm³/mol. The molecule has 2 amide bonds. The van der Waals surface area contributed by atoms with E-state index in [1.807, 2.05) is 50.2 Å². The predicted octanol–water partition coefficient (Wildman–Crippen LogP) is 3.39. The van der Waals surface area contributed by atoms with Gasteiger partial charge in [0.25, 0.3) is 0 Å². The molecule has 1 aliphatic rings. The second kappa shape index (κ2) is 7.47. The molecular formula is C20H23N3O2. The van der Waals surface area contributed by atoms with E-state index < -0.39 is 11.8 Å². The monoisotopic (exact) mass is 337 g/mol. The third kappa shape index (κ3) is 3.87. The number of aromatic nitrogens is 1. The highest BCUT2D eigenvalue weighted by molar-refractivity contribution is 6.39. The van der Waals surface area contributed by atoms with Crippen LogP contribution in [0.15, 0.2) is 42.6 Å². The zero-order chi connectivity index (χ0) is 17.8. The maximum absolute atomic E-state index is 12.7. The van der Waals surface area contributed by atoms with Crippen molar-refractivity contribution in [3.05, 3.63) is 59.4 Å². The number of rotatable bonds is 2. The first-order valence-electron chi connectivity index (χ1n) is 8.66. The maximum atomic E-state index is 12.7. The number of carbonyl (C=O) groups excluding carboxylic acids is 2. The molecule has 3 rings (SSSR count). The van der Waals surface area contributed by atoms with E-state index in [4.69, 9.17) is 0 Å². The van der Waals surface area contributed by atoms with E-state index in [9.17, 15) is 9.59 Å². The summed E-state index contributed by atoms with van der Waals surface area (Å²) in [6, 6.07) is 11.7. The third-order valence-corrected chi connectivity index (χ3v) is 4.74. The van der Waals surface area contributed by atoms with Crippen molar-refractivity contribution in [3.63, 3.8) is 0 Å². The van der Waals surface area contributed by atoms with Crippen LogP contribution in [0.25, 0.3) is 0 Å². The Balaban J connectivity index is 1.75. The Bertz CT molecular complexity index is 774. The molecule has 1 fully saturated rings. The molecule has 1 aliphatic heterocycles. The summed E-state index contributed by atoms with van der Waals surface area (Å²) < 4.78 is 0. The minimum atomic E-state index is -0.604. The van der Waals surface area contributed by atoms with Gasteiger partial charge in [0.05, 0.1) is 17.9 Å². The lowest BCUT2D eigenvalue weighted by atomic mass is 9.95. The van der Waals surface area contributed by atoms with E-state index in [0.29, 0.717) is 12.2 Å². The summed E-state index contributed by atoms with van der Waals surface area (Å²) in [5, 5.41) is 2.69. The average Bonchev–Trinajstić information content (AvgIpc) is 2.65. The minimum Gasteiger partial charge on any atom is -0.327 e. The molecule has 5 heteroatoms. The molecule has 1 aromatic carbocycles. The van der Waals surface area contributed by atoms with Gasteiger partial charge < -0.3 is 10.2 Å². The van der Waals surface area contributed by atoms with E-state index >= 15 is 0 Å². The third-order valence-electron chi connectivity index (χ3n) is 4.74. The fourth-order valence-corrected chi connectivity index (χ4v) is 3.22. The Kier molecular flexibility index (Phi) is 5.12. The molecule has 25 heavy (non-hydrogen) atoms. The molecule has 130 valence electrons. The Hall–Kier alpha value is -2.69. The topological polar surface area (TPSA) is 62.3 Å². The lowest BCUT2D eigenvalue weighted by Gasteiger charge is -2.35. The molecular weight excluding hydrogens is 314 g/mol. The number of anilines is 1. The van der Waals surface area contributed by atoms with Gasteiger partial charge in [-0.15, -0.1) is 0 Å². The van der Waals surface area contributed by atoms with Crippen LogP contribution >= 0.6 is 0 Å². The van der Waals surface area contributed by atoms with E-state index in [-0.39, 0.29) is 6.04 Å². The fraction of sp³-hybridized carbons (Fsp3) is 0.350.